The number of hydrogen-bond acceptors (Lipinski definition) is 2. The topological polar surface area (TPSA) is 40.5 Å². The van der Waals surface area contributed by atoms with Crippen LogP contribution in [0.1, 0.15) is 27.7 Å². The number of hydrogen-bond donors (Lipinski definition) is 2. The molecule has 0 saturated heterocycles. The van der Waals surface area contributed by atoms with Crippen molar-refractivity contribution in [3.05, 3.63) is 0 Å². The van der Waals surface area contributed by atoms with Crippen LogP contribution in [0.5, 0.6) is 0 Å². The number of aliphatic hydroxyl groups excluding tert-OH is 2. The van der Waals surface area contributed by atoms with Crippen molar-refractivity contribution in [2.24, 2.45) is 11.8 Å². The van der Waals surface area contributed by atoms with E-state index in [0.717, 1.165) is 0 Å². The predicted octanol–water partition coefficient (Wildman–Crippen LogP) is 2.65. The van der Waals surface area contributed by atoms with Crippen LogP contribution in [-0.4, -0.2) is 23.4 Å². The Balaban J connectivity index is -0.000000120. The van der Waals surface area contributed by atoms with Crippen LogP contribution in [0.2, 0.25) is 0 Å². The molecule has 0 aliphatic rings. The van der Waals surface area contributed by atoms with Crippen molar-refractivity contribution in [1.29, 1.82) is 0 Å². The molecule has 0 amide bonds. The molecule has 0 atom stereocenters. The van der Waals surface area contributed by atoms with E-state index >= 15 is 0 Å². The molecule has 0 spiro atoms. The van der Waals surface area contributed by atoms with E-state index in [2.05, 4.69) is 0 Å². The zero-order chi connectivity index (χ0) is 11.3. The molecule has 82 valence electrons. The van der Waals surface area contributed by atoms with Crippen LogP contribution < -0.4 is 0 Å². The van der Waals surface area contributed by atoms with Crippen molar-refractivity contribution in [2.75, 3.05) is 13.2 Å². The molecule has 0 heterocycles. The number of rotatable bonds is 2. The summed E-state index contributed by atoms with van der Waals surface area (Å²) in [6.45, 7) is 8.50. The second kappa shape index (κ2) is 19.0. The third-order valence-corrected chi connectivity index (χ3v) is 0.730. The van der Waals surface area contributed by atoms with Crippen LogP contribution >= 0.6 is 17.0 Å². The molecule has 0 saturated carbocycles. The predicted molar refractivity (Wildman–Crippen MR) is 55.6 cm³/mol. The standard InChI is InChI=1S/2C4H10O.2ClH.Zr/c2*1-4(2)3-5;;;/h2*4-5H,3H2,1-2H3;2*1H;/q;;;;+2/p-2. The fourth-order valence-corrected chi connectivity index (χ4v) is 0. The van der Waals surface area contributed by atoms with Crippen LogP contribution in [0, 0.1) is 11.8 Å². The van der Waals surface area contributed by atoms with Gasteiger partial charge >= 0.3 is 37.9 Å². The van der Waals surface area contributed by atoms with Crippen LogP contribution in [0.25, 0.3) is 0 Å². The summed E-state index contributed by atoms with van der Waals surface area (Å²) < 4.78 is 0. The molecule has 0 aromatic carbocycles. The Hall–Kier alpha value is 1.38. The molecule has 13 heavy (non-hydrogen) atoms. The van der Waals surface area contributed by atoms with E-state index in [4.69, 9.17) is 27.2 Å². The molecule has 0 aromatic rings. The zero-order valence-corrected chi connectivity index (χ0v) is 12.7. The fourth-order valence-electron chi connectivity index (χ4n) is 0. The third-order valence-electron chi connectivity index (χ3n) is 0.730. The summed E-state index contributed by atoms with van der Waals surface area (Å²) in [5.41, 5.74) is 0. The van der Waals surface area contributed by atoms with E-state index in [9.17, 15) is 0 Å². The third kappa shape index (κ3) is 59.8. The summed E-state index contributed by atoms with van der Waals surface area (Å²) >= 11 is -0.826. The van der Waals surface area contributed by atoms with E-state index in [1.54, 1.807) is 0 Å². The molecule has 2 N–H and O–H groups in total. The van der Waals surface area contributed by atoms with Gasteiger partial charge < -0.3 is 10.2 Å². The first kappa shape index (κ1) is 19.9. The second-order valence-electron chi connectivity index (χ2n) is 3.22. The van der Waals surface area contributed by atoms with E-state index in [1.807, 2.05) is 27.7 Å². The van der Waals surface area contributed by atoms with Gasteiger partial charge in [-0.2, -0.15) is 0 Å². The van der Waals surface area contributed by atoms with Crippen molar-refractivity contribution in [2.45, 2.75) is 27.7 Å². The number of aliphatic hydroxyl groups is 2. The Morgan fingerprint density at radius 3 is 1.00 bits per heavy atom. The minimum atomic E-state index is -0.826. The molecule has 5 heteroatoms. The first-order chi connectivity index (χ1) is 5.95. The molecule has 0 aliphatic carbocycles. The van der Waals surface area contributed by atoms with Gasteiger partial charge in [0.1, 0.15) is 0 Å². The number of halogens is 2. The van der Waals surface area contributed by atoms with Crippen molar-refractivity contribution in [1.82, 2.24) is 0 Å². The van der Waals surface area contributed by atoms with E-state index in [0.29, 0.717) is 25.0 Å². The summed E-state index contributed by atoms with van der Waals surface area (Å²) in [5.74, 6) is 0.880. The molecule has 0 fully saturated rings. The molecule has 0 radical (unpaired) electrons. The Labute approximate surface area is 100 Å². The maximum absolute atomic E-state index is 8.14. The molecule has 0 unspecified atom stereocenters. The normalized spacial score (nSPS) is 8.46. The molecule has 2 nitrogen and oxygen atoms in total. The van der Waals surface area contributed by atoms with Crippen LogP contribution in [0.4, 0.5) is 0 Å². The quantitative estimate of drug-likeness (QED) is 0.823. The van der Waals surface area contributed by atoms with Gasteiger partial charge in [-0.25, -0.2) is 0 Å². The molecule has 0 aliphatic heterocycles. The zero-order valence-electron chi connectivity index (χ0n) is 8.72. The monoisotopic (exact) mass is 308 g/mol. The summed E-state index contributed by atoms with van der Waals surface area (Å²) in [4.78, 5) is 0. The van der Waals surface area contributed by atoms with E-state index in [1.165, 1.54) is 0 Å². The van der Waals surface area contributed by atoms with Crippen molar-refractivity contribution in [3.63, 3.8) is 0 Å². The van der Waals surface area contributed by atoms with Crippen molar-refractivity contribution >= 4 is 17.0 Å². The van der Waals surface area contributed by atoms with Gasteiger partial charge in [0.15, 0.2) is 0 Å². The molecular weight excluding hydrogens is 290 g/mol. The molecule has 0 aromatic heterocycles. The van der Waals surface area contributed by atoms with E-state index < -0.39 is 20.8 Å². The second-order valence-corrected chi connectivity index (χ2v) is 6.96. The molecule has 0 bridgehead atoms. The summed E-state index contributed by atoms with van der Waals surface area (Å²) in [7, 11) is 9.87. The van der Waals surface area contributed by atoms with Gasteiger partial charge in [0.05, 0.1) is 0 Å². The Morgan fingerprint density at radius 2 is 1.00 bits per heavy atom. The first-order valence-corrected chi connectivity index (χ1v) is 10.5. The average Bonchev–Trinajstić information content (AvgIpc) is 2.07. The summed E-state index contributed by atoms with van der Waals surface area (Å²) in [6.07, 6.45) is 0. The van der Waals surface area contributed by atoms with Crippen molar-refractivity contribution < 1.29 is 31.1 Å². The van der Waals surface area contributed by atoms with Crippen LogP contribution in [-0.2, 0) is 20.8 Å². The van der Waals surface area contributed by atoms with Gasteiger partial charge in [-0.3, -0.25) is 0 Å². The van der Waals surface area contributed by atoms with Gasteiger partial charge in [0.2, 0.25) is 0 Å². The van der Waals surface area contributed by atoms with Gasteiger partial charge in [0.25, 0.3) is 0 Å². The van der Waals surface area contributed by atoms with Crippen molar-refractivity contribution in [3.8, 4) is 0 Å². The Kier molecular flexibility index (Phi) is 29.1. The van der Waals surface area contributed by atoms with Gasteiger partial charge in [-0.05, 0) is 11.8 Å². The van der Waals surface area contributed by atoms with Crippen LogP contribution in [0.3, 0.4) is 0 Å². The molecular formula is C8H20Cl2O2Zr. The van der Waals surface area contributed by atoms with Gasteiger partial charge in [-0.15, -0.1) is 0 Å². The van der Waals surface area contributed by atoms with Crippen LogP contribution in [0.15, 0.2) is 0 Å². The van der Waals surface area contributed by atoms with Gasteiger partial charge in [0, 0.05) is 13.2 Å². The summed E-state index contributed by atoms with van der Waals surface area (Å²) in [5, 5.41) is 16.3. The fraction of sp³-hybridized carbons (Fsp3) is 1.00. The first-order valence-electron chi connectivity index (χ1n) is 4.14. The average molecular weight is 310 g/mol. The summed E-state index contributed by atoms with van der Waals surface area (Å²) in [6, 6.07) is 0. The Morgan fingerprint density at radius 1 is 0.923 bits per heavy atom. The SMILES string of the molecule is CC(C)CO.CC(C)CO.[Cl][Zr][Cl]. The Bertz CT molecular complexity index is 65.2. The maximum atomic E-state index is 8.14. The van der Waals surface area contributed by atoms with Gasteiger partial charge in [-0.1, -0.05) is 27.7 Å². The van der Waals surface area contributed by atoms with E-state index in [-0.39, 0.29) is 0 Å². The minimum absolute atomic E-state index is 0.306. The molecule has 0 rings (SSSR count).